The molecule has 0 fully saturated rings. The molecule has 0 unspecified atom stereocenters. The Bertz CT molecular complexity index is 1070. The largest absolute Gasteiger partial charge is 0.454 e. The number of fused-ring (bicyclic) bond motifs is 2. The normalized spacial score (nSPS) is 14.4. The van der Waals surface area contributed by atoms with Crippen molar-refractivity contribution in [1.82, 2.24) is 4.98 Å². The summed E-state index contributed by atoms with van der Waals surface area (Å²) in [6.07, 6.45) is 3.64. The second kappa shape index (κ2) is 7.47. The summed E-state index contributed by atoms with van der Waals surface area (Å²) in [4.78, 5) is 19.3. The molecule has 1 amide bonds. The van der Waals surface area contributed by atoms with Crippen LogP contribution in [-0.2, 0) is 13.0 Å². The third-order valence-corrected chi connectivity index (χ3v) is 5.27. The first-order valence-corrected chi connectivity index (χ1v) is 9.76. The van der Waals surface area contributed by atoms with E-state index in [1.807, 2.05) is 53.4 Å². The fourth-order valence-electron chi connectivity index (χ4n) is 3.80. The summed E-state index contributed by atoms with van der Waals surface area (Å²) in [6.45, 7) is 1.59. The molecule has 3 aromatic rings. The van der Waals surface area contributed by atoms with Gasteiger partial charge in [-0.2, -0.15) is 0 Å². The quantitative estimate of drug-likeness (QED) is 0.733. The molecule has 6 nitrogen and oxygen atoms in total. The van der Waals surface area contributed by atoms with E-state index >= 15 is 0 Å². The van der Waals surface area contributed by atoms with Crippen molar-refractivity contribution < 1.29 is 14.3 Å². The number of ether oxygens (including phenoxy) is 2. The highest BCUT2D eigenvalue weighted by molar-refractivity contribution is 6.05. The lowest BCUT2D eigenvalue weighted by Crippen LogP contribution is -2.35. The van der Waals surface area contributed by atoms with Gasteiger partial charge in [-0.25, -0.2) is 0 Å². The molecule has 1 N–H and O–H groups in total. The van der Waals surface area contributed by atoms with E-state index in [4.69, 9.17) is 9.47 Å². The molecule has 0 saturated carbocycles. The molecule has 1 aromatic heterocycles. The van der Waals surface area contributed by atoms with E-state index in [1.165, 1.54) is 5.56 Å². The molecule has 0 bridgehead atoms. The minimum absolute atomic E-state index is 0.0659. The molecule has 146 valence electrons. The van der Waals surface area contributed by atoms with Crippen LogP contribution in [0.5, 0.6) is 11.5 Å². The molecule has 29 heavy (non-hydrogen) atoms. The highest BCUT2D eigenvalue weighted by Crippen LogP contribution is 2.33. The number of aromatic nitrogens is 1. The molecule has 0 radical (unpaired) electrons. The van der Waals surface area contributed by atoms with Crippen molar-refractivity contribution in [2.45, 2.75) is 19.4 Å². The summed E-state index contributed by atoms with van der Waals surface area (Å²) in [7, 11) is 0. The number of benzene rings is 2. The maximum Gasteiger partial charge on any atom is 0.276 e. The Balaban J connectivity index is 1.32. The molecule has 0 aliphatic carbocycles. The first kappa shape index (κ1) is 17.6. The number of pyridine rings is 1. The lowest BCUT2D eigenvalue weighted by molar-refractivity contribution is 0.0980. The fourth-order valence-corrected chi connectivity index (χ4v) is 3.80. The van der Waals surface area contributed by atoms with Gasteiger partial charge in [0.2, 0.25) is 6.79 Å². The van der Waals surface area contributed by atoms with Crippen LogP contribution in [0.15, 0.2) is 60.8 Å². The van der Waals surface area contributed by atoms with Crippen LogP contribution in [0.2, 0.25) is 0 Å². The van der Waals surface area contributed by atoms with Crippen molar-refractivity contribution in [3.63, 3.8) is 0 Å². The van der Waals surface area contributed by atoms with E-state index < -0.39 is 0 Å². The number of aryl methyl sites for hydroxylation is 1. The van der Waals surface area contributed by atoms with E-state index in [0.717, 1.165) is 41.3 Å². The topological polar surface area (TPSA) is 63.7 Å². The molecule has 2 aliphatic heterocycles. The van der Waals surface area contributed by atoms with Gasteiger partial charge in [0.05, 0.1) is 0 Å². The Labute approximate surface area is 169 Å². The van der Waals surface area contributed by atoms with Crippen LogP contribution in [0.3, 0.4) is 0 Å². The van der Waals surface area contributed by atoms with Crippen LogP contribution >= 0.6 is 0 Å². The molecule has 6 heteroatoms. The van der Waals surface area contributed by atoms with E-state index in [1.54, 1.807) is 6.20 Å². The average Bonchev–Trinajstić information content (AvgIpc) is 3.25. The summed E-state index contributed by atoms with van der Waals surface area (Å²) < 4.78 is 10.8. The van der Waals surface area contributed by atoms with Crippen LogP contribution in [0.4, 0.5) is 11.4 Å². The number of nitrogens with zero attached hydrogens (tertiary/aromatic N) is 2. The van der Waals surface area contributed by atoms with Crippen molar-refractivity contribution in [3.05, 3.63) is 77.6 Å². The van der Waals surface area contributed by atoms with Crippen molar-refractivity contribution in [3.8, 4) is 11.5 Å². The molecule has 2 aromatic carbocycles. The van der Waals surface area contributed by atoms with E-state index in [9.17, 15) is 4.79 Å². The maximum absolute atomic E-state index is 13.1. The van der Waals surface area contributed by atoms with Crippen LogP contribution in [0.1, 0.15) is 28.0 Å². The molecule has 3 heterocycles. The zero-order valence-corrected chi connectivity index (χ0v) is 15.9. The van der Waals surface area contributed by atoms with Crippen molar-refractivity contribution in [2.24, 2.45) is 0 Å². The molecule has 0 atom stereocenters. The Hall–Kier alpha value is -3.54. The Morgan fingerprint density at radius 3 is 2.93 bits per heavy atom. The number of anilines is 2. The summed E-state index contributed by atoms with van der Waals surface area (Å²) in [5.41, 5.74) is 4.57. The minimum atomic E-state index is -0.0659. The number of para-hydroxylation sites is 1. The van der Waals surface area contributed by atoms with E-state index in [0.29, 0.717) is 18.8 Å². The second-order valence-corrected chi connectivity index (χ2v) is 7.16. The average molecular weight is 387 g/mol. The zero-order valence-electron chi connectivity index (χ0n) is 15.9. The lowest BCUT2D eigenvalue weighted by Gasteiger charge is -2.29. The number of amides is 1. The molecule has 5 rings (SSSR count). The third kappa shape index (κ3) is 3.49. The summed E-state index contributed by atoms with van der Waals surface area (Å²) in [5, 5.41) is 3.36. The standard InChI is InChI=1S/C23H21N3O3/c27-23(26-11-3-5-17-4-1-2-6-20(17)26)19-13-18(9-10-24-19)25-14-16-7-8-21-22(12-16)29-15-28-21/h1-2,4,6-10,12-13H,3,5,11,14-15H2,(H,24,25). The van der Waals surface area contributed by atoms with Crippen molar-refractivity contribution >= 4 is 17.3 Å². The Kier molecular flexibility index (Phi) is 4.52. The fraction of sp³-hybridized carbons (Fsp3) is 0.217. The van der Waals surface area contributed by atoms with E-state index in [-0.39, 0.29) is 12.7 Å². The summed E-state index contributed by atoms with van der Waals surface area (Å²) >= 11 is 0. The first-order valence-electron chi connectivity index (χ1n) is 9.76. The van der Waals surface area contributed by atoms with Crippen molar-refractivity contribution in [1.29, 1.82) is 0 Å². The van der Waals surface area contributed by atoms with Crippen LogP contribution in [0.25, 0.3) is 0 Å². The molecular formula is C23H21N3O3. The van der Waals surface area contributed by atoms with Gasteiger partial charge in [-0.05, 0) is 54.3 Å². The van der Waals surface area contributed by atoms with Gasteiger partial charge in [0.1, 0.15) is 5.69 Å². The highest BCUT2D eigenvalue weighted by atomic mass is 16.7. The second-order valence-electron chi connectivity index (χ2n) is 7.16. The highest BCUT2D eigenvalue weighted by Gasteiger charge is 2.24. The number of nitrogens with one attached hydrogen (secondary N) is 1. The van der Waals surface area contributed by atoms with Gasteiger partial charge >= 0.3 is 0 Å². The Morgan fingerprint density at radius 2 is 1.97 bits per heavy atom. The SMILES string of the molecule is O=C(c1cc(NCc2ccc3c(c2)OCO3)ccn1)N1CCCc2ccccc21. The lowest BCUT2D eigenvalue weighted by atomic mass is 10.0. The monoisotopic (exact) mass is 387 g/mol. The number of carbonyl (C=O) groups excluding carboxylic acids is 1. The maximum atomic E-state index is 13.1. The predicted octanol–water partition coefficient (Wildman–Crippen LogP) is 4.02. The van der Waals surface area contributed by atoms with Crippen LogP contribution in [0, 0.1) is 0 Å². The van der Waals surface area contributed by atoms with Crippen LogP contribution < -0.4 is 19.7 Å². The van der Waals surface area contributed by atoms with Crippen molar-refractivity contribution in [2.75, 3.05) is 23.6 Å². The summed E-state index contributed by atoms with van der Waals surface area (Å²) in [6, 6.07) is 17.6. The number of rotatable bonds is 4. The van der Waals surface area contributed by atoms with Gasteiger partial charge in [0, 0.05) is 30.7 Å². The van der Waals surface area contributed by atoms with Gasteiger partial charge in [-0.1, -0.05) is 24.3 Å². The van der Waals surface area contributed by atoms with Gasteiger partial charge in [-0.15, -0.1) is 0 Å². The number of carbonyl (C=O) groups is 1. The van der Waals surface area contributed by atoms with E-state index in [2.05, 4.69) is 16.4 Å². The van der Waals surface area contributed by atoms with Gasteiger partial charge in [-0.3, -0.25) is 9.78 Å². The number of hydrogen-bond donors (Lipinski definition) is 1. The predicted molar refractivity (Wildman–Crippen MR) is 111 cm³/mol. The smallest absolute Gasteiger partial charge is 0.276 e. The van der Waals surface area contributed by atoms with Gasteiger partial charge in [0.25, 0.3) is 5.91 Å². The number of hydrogen-bond acceptors (Lipinski definition) is 5. The van der Waals surface area contributed by atoms with Gasteiger partial charge < -0.3 is 19.7 Å². The molecule has 0 spiro atoms. The molecular weight excluding hydrogens is 366 g/mol. The van der Waals surface area contributed by atoms with Crippen LogP contribution in [-0.4, -0.2) is 24.2 Å². The first-order chi connectivity index (χ1) is 14.3. The molecule has 0 saturated heterocycles. The Morgan fingerprint density at radius 1 is 1.07 bits per heavy atom. The summed E-state index contributed by atoms with van der Waals surface area (Å²) in [5.74, 6) is 1.47. The molecule has 2 aliphatic rings. The third-order valence-electron chi connectivity index (χ3n) is 5.27. The zero-order chi connectivity index (χ0) is 19.6. The minimum Gasteiger partial charge on any atom is -0.454 e. The van der Waals surface area contributed by atoms with Gasteiger partial charge in [0.15, 0.2) is 11.5 Å².